The number of amides is 3. The van der Waals surface area contributed by atoms with Crippen molar-refractivity contribution in [3.8, 4) is 12.5 Å². The normalized spacial score (nSPS) is 13.8. The summed E-state index contributed by atoms with van der Waals surface area (Å²) in [5.41, 5.74) is 0.696. The molecular formula is C24H35N3O5. The molecule has 0 saturated carbocycles. The largest absolute Gasteiger partial charge is 0.444 e. The Morgan fingerprint density at radius 3 is 2.25 bits per heavy atom. The highest BCUT2D eigenvalue weighted by atomic mass is 16.6. The molecule has 0 saturated heterocycles. The first-order chi connectivity index (χ1) is 14.9. The number of terminal acetylenes is 1. The zero-order valence-electron chi connectivity index (χ0n) is 19.8. The molecule has 3 atom stereocenters. The molecule has 3 N–H and O–H groups in total. The van der Waals surface area contributed by atoms with Crippen LogP contribution in [0.5, 0.6) is 0 Å². The van der Waals surface area contributed by atoms with Crippen molar-refractivity contribution in [1.82, 2.24) is 15.5 Å². The number of nitrogens with zero attached hydrogens (tertiary/aromatic N) is 1. The monoisotopic (exact) mass is 445 g/mol. The average molecular weight is 446 g/mol. The third kappa shape index (κ3) is 8.23. The molecule has 3 amide bonds. The molecule has 3 unspecified atom stereocenters. The number of benzene rings is 1. The molecular weight excluding hydrogens is 410 g/mol. The summed E-state index contributed by atoms with van der Waals surface area (Å²) in [5, 5.41) is 15.0. The topological polar surface area (TPSA) is 108 Å². The van der Waals surface area contributed by atoms with E-state index in [2.05, 4.69) is 16.7 Å². The lowest BCUT2D eigenvalue weighted by atomic mass is 10.0. The molecule has 1 aromatic rings. The van der Waals surface area contributed by atoms with Gasteiger partial charge in [0.15, 0.2) is 0 Å². The Morgan fingerprint density at radius 2 is 1.78 bits per heavy atom. The quantitative estimate of drug-likeness (QED) is 0.400. The van der Waals surface area contributed by atoms with E-state index in [1.165, 1.54) is 0 Å². The summed E-state index contributed by atoms with van der Waals surface area (Å²) in [6, 6.07) is 6.68. The summed E-state index contributed by atoms with van der Waals surface area (Å²) in [4.78, 5) is 39.4. The van der Waals surface area contributed by atoms with Gasteiger partial charge in [-0.3, -0.25) is 14.5 Å². The molecule has 0 aliphatic heterocycles. The highest BCUT2D eigenvalue weighted by molar-refractivity contribution is 5.93. The Hall–Kier alpha value is -3.05. The van der Waals surface area contributed by atoms with Crippen LogP contribution in [-0.2, 0) is 14.3 Å². The molecule has 176 valence electrons. The van der Waals surface area contributed by atoms with Crippen molar-refractivity contribution in [2.24, 2.45) is 0 Å². The van der Waals surface area contributed by atoms with Crippen molar-refractivity contribution in [3.05, 3.63) is 35.4 Å². The van der Waals surface area contributed by atoms with Gasteiger partial charge < -0.3 is 20.5 Å². The highest BCUT2D eigenvalue weighted by Gasteiger charge is 2.36. The van der Waals surface area contributed by atoms with Gasteiger partial charge in [0.25, 0.3) is 5.91 Å². The standard InChI is InChI=1S/C24H35N3O5/c1-8-10-17(4)25-21(29)20(18-13-11-16(3)12-14-18)27(9-2)22(30)19(15-28)26-23(31)32-24(5,6)7/h2,11-14,17,19-20,28H,8,10,15H2,1,3-7H3,(H,25,29)(H,26,31). The predicted octanol–water partition coefficient (Wildman–Crippen LogP) is 2.65. The molecule has 1 aromatic carbocycles. The van der Waals surface area contributed by atoms with Crippen LogP contribution >= 0.6 is 0 Å². The third-order valence-electron chi connectivity index (χ3n) is 4.56. The average Bonchev–Trinajstić information content (AvgIpc) is 2.69. The fourth-order valence-corrected chi connectivity index (χ4v) is 3.06. The number of aliphatic hydroxyl groups excluding tert-OH is 1. The van der Waals surface area contributed by atoms with Gasteiger partial charge in [-0.05, 0) is 46.6 Å². The van der Waals surface area contributed by atoms with Gasteiger partial charge in [-0.15, -0.1) is 0 Å². The van der Waals surface area contributed by atoms with Crippen LogP contribution in [0, 0.1) is 19.4 Å². The van der Waals surface area contributed by atoms with E-state index in [-0.39, 0.29) is 6.04 Å². The maximum atomic E-state index is 13.2. The van der Waals surface area contributed by atoms with E-state index in [1.54, 1.807) is 32.9 Å². The van der Waals surface area contributed by atoms with Gasteiger partial charge in [-0.2, -0.15) is 0 Å². The van der Waals surface area contributed by atoms with Gasteiger partial charge in [0.1, 0.15) is 17.7 Å². The van der Waals surface area contributed by atoms with E-state index in [0.717, 1.165) is 23.3 Å². The summed E-state index contributed by atoms with van der Waals surface area (Å²) in [7, 11) is 0. The van der Waals surface area contributed by atoms with Crippen molar-refractivity contribution in [2.75, 3.05) is 6.61 Å². The molecule has 0 aliphatic rings. The van der Waals surface area contributed by atoms with Crippen molar-refractivity contribution >= 4 is 17.9 Å². The van der Waals surface area contributed by atoms with Crippen LogP contribution in [0.15, 0.2) is 24.3 Å². The lowest BCUT2D eigenvalue weighted by Gasteiger charge is -2.30. The zero-order valence-corrected chi connectivity index (χ0v) is 19.8. The Morgan fingerprint density at radius 1 is 1.19 bits per heavy atom. The second kappa shape index (κ2) is 12.1. The fourth-order valence-electron chi connectivity index (χ4n) is 3.06. The third-order valence-corrected chi connectivity index (χ3v) is 4.56. The molecule has 8 heteroatoms. The van der Waals surface area contributed by atoms with E-state index < -0.39 is 42.2 Å². The minimum atomic E-state index is -1.38. The lowest BCUT2D eigenvalue weighted by molar-refractivity contribution is -0.139. The van der Waals surface area contributed by atoms with Gasteiger partial charge in [0.05, 0.1) is 6.61 Å². The number of aliphatic hydroxyl groups is 1. The van der Waals surface area contributed by atoms with Crippen LogP contribution in [0.3, 0.4) is 0 Å². The number of alkyl carbamates (subject to hydrolysis) is 1. The summed E-state index contributed by atoms with van der Waals surface area (Å²) < 4.78 is 5.16. The van der Waals surface area contributed by atoms with Crippen molar-refractivity contribution in [3.63, 3.8) is 0 Å². The number of nitrogens with one attached hydrogen (secondary N) is 2. The molecule has 0 radical (unpaired) electrons. The number of aryl methyl sites for hydroxylation is 1. The molecule has 8 nitrogen and oxygen atoms in total. The Labute approximate surface area is 190 Å². The number of hydrogen-bond acceptors (Lipinski definition) is 5. The van der Waals surface area contributed by atoms with E-state index in [0.29, 0.717) is 5.56 Å². The Kier molecular flexibility index (Phi) is 10.2. The van der Waals surface area contributed by atoms with Crippen LogP contribution in [-0.4, -0.2) is 52.2 Å². The number of carbonyl (C=O) groups excluding carboxylic acids is 3. The van der Waals surface area contributed by atoms with Gasteiger partial charge in [0.2, 0.25) is 5.91 Å². The molecule has 0 spiro atoms. The minimum Gasteiger partial charge on any atom is -0.444 e. The second-order valence-electron chi connectivity index (χ2n) is 8.73. The Balaban J connectivity index is 3.24. The van der Waals surface area contributed by atoms with Crippen molar-refractivity contribution < 1.29 is 24.2 Å². The maximum Gasteiger partial charge on any atom is 0.408 e. The zero-order chi connectivity index (χ0) is 24.5. The first kappa shape index (κ1) is 27.0. The van der Waals surface area contributed by atoms with Crippen molar-refractivity contribution in [2.45, 2.75) is 78.1 Å². The lowest BCUT2D eigenvalue weighted by Crippen LogP contribution is -2.53. The number of rotatable bonds is 9. The highest BCUT2D eigenvalue weighted by Crippen LogP contribution is 2.23. The summed E-state index contributed by atoms with van der Waals surface area (Å²) in [5.74, 6) is -1.25. The molecule has 32 heavy (non-hydrogen) atoms. The minimum absolute atomic E-state index is 0.122. The summed E-state index contributed by atoms with van der Waals surface area (Å²) in [6.45, 7) is 10.1. The molecule has 0 aromatic heterocycles. The van der Waals surface area contributed by atoms with Gasteiger partial charge in [0, 0.05) is 12.1 Å². The SMILES string of the molecule is C#CN(C(=O)C(CO)NC(=O)OC(C)(C)C)C(C(=O)NC(C)CCC)c1ccc(C)cc1. The summed E-state index contributed by atoms with van der Waals surface area (Å²) in [6.07, 6.45) is 6.40. The molecule has 0 aliphatic carbocycles. The summed E-state index contributed by atoms with van der Waals surface area (Å²) >= 11 is 0. The van der Waals surface area contributed by atoms with Crippen LogP contribution in [0.2, 0.25) is 0 Å². The van der Waals surface area contributed by atoms with Crippen LogP contribution in [0.1, 0.15) is 64.6 Å². The maximum absolute atomic E-state index is 13.2. The van der Waals surface area contributed by atoms with Crippen LogP contribution in [0.25, 0.3) is 0 Å². The van der Waals surface area contributed by atoms with E-state index in [4.69, 9.17) is 11.2 Å². The van der Waals surface area contributed by atoms with E-state index in [9.17, 15) is 19.5 Å². The van der Waals surface area contributed by atoms with Crippen LogP contribution < -0.4 is 10.6 Å². The first-order valence-electron chi connectivity index (χ1n) is 10.7. The van der Waals surface area contributed by atoms with Gasteiger partial charge in [-0.25, -0.2) is 4.79 Å². The van der Waals surface area contributed by atoms with Gasteiger partial charge >= 0.3 is 6.09 Å². The number of carbonyl (C=O) groups is 3. The van der Waals surface area contributed by atoms with E-state index in [1.807, 2.05) is 32.9 Å². The fraction of sp³-hybridized carbons (Fsp3) is 0.542. The molecule has 0 heterocycles. The molecule has 0 fully saturated rings. The van der Waals surface area contributed by atoms with Crippen molar-refractivity contribution in [1.29, 1.82) is 0 Å². The predicted molar refractivity (Wildman–Crippen MR) is 122 cm³/mol. The Bertz CT molecular complexity index is 824. The van der Waals surface area contributed by atoms with E-state index >= 15 is 0 Å². The smallest absolute Gasteiger partial charge is 0.408 e. The molecule has 0 bridgehead atoms. The van der Waals surface area contributed by atoms with Crippen LogP contribution in [0.4, 0.5) is 4.79 Å². The number of ether oxygens (including phenoxy) is 1. The number of hydrogen-bond donors (Lipinski definition) is 3. The second-order valence-corrected chi connectivity index (χ2v) is 8.73. The first-order valence-corrected chi connectivity index (χ1v) is 10.7. The van der Waals surface area contributed by atoms with Gasteiger partial charge in [-0.1, -0.05) is 49.6 Å². The molecule has 1 rings (SSSR count).